The SMILES string of the molecule is O=C([O-])C(CCCCOC[C@H]1OC(O)[C@H](O)[C@@H](O)[C@@H]1O)C(=O)[O-].[Na+].[Na+]. The Bertz CT molecular complexity index is 396. The van der Waals surface area contributed by atoms with Gasteiger partial charge in [-0.25, -0.2) is 0 Å². The summed E-state index contributed by atoms with van der Waals surface area (Å²) in [5.41, 5.74) is 0. The van der Waals surface area contributed by atoms with Crippen LogP contribution in [0.4, 0.5) is 0 Å². The van der Waals surface area contributed by atoms with Crippen molar-refractivity contribution in [1.29, 1.82) is 0 Å². The van der Waals surface area contributed by atoms with Gasteiger partial charge in [-0.05, 0) is 12.8 Å². The minimum Gasteiger partial charge on any atom is -0.549 e. The minimum absolute atomic E-state index is 0. The summed E-state index contributed by atoms with van der Waals surface area (Å²) in [5.74, 6) is -5.08. The molecule has 1 saturated heterocycles. The van der Waals surface area contributed by atoms with Crippen molar-refractivity contribution in [2.24, 2.45) is 5.92 Å². The molecule has 0 radical (unpaired) electrons. The van der Waals surface area contributed by atoms with E-state index in [1.54, 1.807) is 0 Å². The molecular formula is C13H20Na2O10. The summed E-state index contributed by atoms with van der Waals surface area (Å²) < 4.78 is 10.1. The topological polar surface area (TPSA) is 180 Å². The minimum atomic E-state index is -1.70. The summed E-state index contributed by atoms with van der Waals surface area (Å²) in [6.45, 7) is -0.0550. The Kier molecular flexibility index (Phi) is 15.4. The first-order valence-corrected chi connectivity index (χ1v) is 7.13. The van der Waals surface area contributed by atoms with E-state index >= 15 is 0 Å². The van der Waals surface area contributed by atoms with Crippen molar-refractivity contribution in [2.45, 2.75) is 50.0 Å². The van der Waals surface area contributed by atoms with E-state index < -0.39 is 48.6 Å². The van der Waals surface area contributed by atoms with Gasteiger partial charge in [0.1, 0.15) is 24.4 Å². The molecule has 134 valence electrons. The maximum Gasteiger partial charge on any atom is 1.00 e. The van der Waals surface area contributed by atoms with Gasteiger partial charge in [-0.1, -0.05) is 6.42 Å². The zero-order chi connectivity index (χ0) is 17.6. The Morgan fingerprint density at radius 2 is 1.52 bits per heavy atom. The molecule has 1 aliphatic rings. The Morgan fingerprint density at radius 3 is 2.04 bits per heavy atom. The summed E-state index contributed by atoms with van der Waals surface area (Å²) in [5, 5.41) is 58.8. The molecule has 4 N–H and O–H groups in total. The summed E-state index contributed by atoms with van der Waals surface area (Å²) >= 11 is 0. The Hall–Kier alpha value is 0.700. The van der Waals surface area contributed by atoms with Crippen LogP contribution in [0.2, 0.25) is 0 Å². The second-order valence-electron chi connectivity index (χ2n) is 5.30. The van der Waals surface area contributed by atoms with Crippen molar-refractivity contribution in [1.82, 2.24) is 0 Å². The summed E-state index contributed by atoms with van der Waals surface area (Å²) in [4.78, 5) is 21.0. The largest absolute Gasteiger partial charge is 1.00 e. The van der Waals surface area contributed by atoms with Crippen molar-refractivity contribution >= 4 is 11.9 Å². The molecule has 0 aromatic carbocycles. The van der Waals surface area contributed by atoms with E-state index in [0.29, 0.717) is 6.42 Å². The maximum absolute atomic E-state index is 10.5. The van der Waals surface area contributed by atoms with Gasteiger partial charge in [0.15, 0.2) is 6.29 Å². The molecule has 25 heavy (non-hydrogen) atoms. The molecule has 5 atom stereocenters. The Morgan fingerprint density at radius 1 is 0.960 bits per heavy atom. The first-order valence-electron chi connectivity index (χ1n) is 7.13. The van der Waals surface area contributed by atoms with Crippen LogP contribution < -0.4 is 69.3 Å². The molecule has 0 amide bonds. The fourth-order valence-corrected chi connectivity index (χ4v) is 2.15. The number of rotatable bonds is 9. The third-order valence-corrected chi connectivity index (χ3v) is 3.57. The first-order chi connectivity index (χ1) is 10.8. The van der Waals surface area contributed by atoms with E-state index in [2.05, 4.69) is 0 Å². The quantitative estimate of drug-likeness (QED) is 0.170. The van der Waals surface area contributed by atoms with Crippen LogP contribution in [0.1, 0.15) is 19.3 Å². The number of aliphatic hydroxyl groups excluding tert-OH is 4. The molecule has 0 aromatic heterocycles. The fraction of sp³-hybridized carbons (Fsp3) is 0.846. The average Bonchev–Trinajstić information content (AvgIpc) is 2.48. The second kappa shape index (κ2) is 13.8. The smallest absolute Gasteiger partial charge is 0.549 e. The van der Waals surface area contributed by atoms with E-state index in [-0.39, 0.29) is 85.2 Å². The van der Waals surface area contributed by atoms with E-state index in [4.69, 9.17) is 9.47 Å². The van der Waals surface area contributed by atoms with Crippen molar-refractivity contribution in [3.63, 3.8) is 0 Å². The molecule has 10 nitrogen and oxygen atoms in total. The molecule has 1 aliphatic heterocycles. The summed E-state index contributed by atoms with van der Waals surface area (Å²) in [7, 11) is 0. The van der Waals surface area contributed by atoms with Crippen molar-refractivity contribution < 1.29 is 109 Å². The number of aliphatic hydroxyl groups is 4. The molecule has 1 rings (SSSR count). The Balaban J connectivity index is 0. The monoisotopic (exact) mass is 382 g/mol. The molecule has 0 aromatic rings. The standard InChI is InChI=1S/C13H22O10.2Na/c14-8-7(23-13(21)10(16)9(8)15)5-22-4-2-1-3-6(11(17)18)12(19)20;;/h6-10,13-16,21H,1-5H2,(H,17,18)(H,19,20);;/q;2*+1/p-2/t7-,8-,9+,10-,13?;;/m1../s1. The molecule has 12 heteroatoms. The number of carboxylic acid groups (broad SMARTS) is 2. The van der Waals surface area contributed by atoms with Crippen molar-refractivity contribution in [3.8, 4) is 0 Å². The number of hydrogen-bond acceptors (Lipinski definition) is 10. The number of carbonyl (C=O) groups is 2. The third-order valence-electron chi connectivity index (χ3n) is 3.57. The van der Waals surface area contributed by atoms with Gasteiger partial charge in [-0.3, -0.25) is 0 Å². The van der Waals surface area contributed by atoms with Crippen LogP contribution in [-0.4, -0.2) is 76.3 Å². The molecule has 1 fully saturated rings. The molecule has 0 spiro atoms. The third kappa shape index (κ3) is 8.96. The second-order valence-corrected chi connectivity index (χ2v) is 5.30. The van der Waals surface area contributed by atoms with Gasteiger partial charge in [-0.15, -0.1) is 0 Å². The maximum atomic E-state index is 10.5. The number of carboxylic acids is 2. The average molecular weight is 382 g/mol. The summed E-state index contributed by atoms with van der Waals surface area (Å²) in [6.07, 6.45) is -6.88. The van der Waals surface area contributed by atoms with Gasteiger partial charge >= 0.3 is 59.1 Å². The van der Waals surface area contributed by atoms with Gasteiger partial charge in [0, 0.05) is 12.5 Å². The van der Waals surface area contributed by atoms with Crippen LogP contribution in [0.5, 0.6) is 0 Å². The van der Waals surface area contributed by atoms with E-state index in [1.165, 1.54) is 0 Å². The van der Waals surface area contributed by atoms with E-state index in [0.717, 1.165) is 0 Å². The van der Waals surface area contributed by atoms with Crippen LogP contribution in [0.3, 0.4) is 0 Å². The van der Waals surface area contributed by atoms with Crippen molar-refractivity contribution in [2.75, 3.05) is 13.2 Å². The van der Waals surface area contributed by atoms with Gasteiger partial charge in [0.2, 0.25) is 0 Å². The molecular weight excluding hydrogens is 362 g/mol. The van der Waals surface area contributed by atoms with Crippen LogP contribution >= 0.6 is 0 Å². The van der Waals surface area contributed by atoms with Crippen molar-refractivity contribution in [3.05, 3.63) is 0 Å². The summed E-state index contributed by atoms with van der Waals surface area (Å²) in [6, 6.07) is 0. The van der Waals surface area contributed by atoms with E-state index in [9.17, 15) is 40.2 Å². The van der Waals surface area contributed by atoms with Gasteiger partial charge in [-0.2, -0.15) is 0 Å². The number of aliphatic carboxylic acids is 2. The predicted octanol–water partition coefficient (Wildman–Crippen LogP) is -10.9. The normalized spacial score (nSPS) is 28.8. The van der Waals surface area contributed by atoms with Gasteiger partial charge in [0.25, 0.3) is 0 Å². The first kappa shape index (κ1) is 27.9. The van der Waals surface area contributed by atoms with Crippen LogP contribution in [-0.2, 0) is 19.1 Å². The predicted molar refractivity (Wildman–Crippen MR) is 67.1 cm³/mol. The zero-order valence-electron chi connectivity index (χ0n) is 14.2. The zero-order valence-corrected chi connectivity index (χ0v) is 18.2. The van der Waals surface area contributed by atoms with Crippen LogP contribution in [0.15, 0.2) is 0 Å². The van der Waals surface area contributed by atoms with Crippen LogP contribution in [0.25, 0.3) is 0 Å². The molecule has 1 unspecified atom stereocenters. The fourth-order valence-electron chi connectivity index (χ4n) is 2.15. The molecule has 0 saturated carbocycles. The van der Waals surface area contributed by atoms with Gasteiger partial charge < -0.3 is 49.7 Å². The van der Waals surface area contributed by atoms with E-state index in [1.807, 2.05) is 0 Å². The number of hydrogen-bond donors (Lipinski definition) is 4. The number of unbranched alkanes of at least 4 members (excludes halogenated alkanes) is 1. The number of carbonyl (C=O) groups excluding carboxylic acids is 2. The van der Waals surface area contributed by atoms with Crippen LogP contribution in [0, 0.1) is 5.92 Å². The molecule has 0 bridgehead atoms. The molecule has 1 heterocycles. The molecule has 0 aliphatic carbocycles. The van der Waals surface area contributed by atoms with Gasteiger partial charge in [0.05, 0.1) is 18.5 Å². The number of ether oxygens (including phenoxy) is 2. The Labute approximate surface area is 188 Å².